The zero-order valence-corrected chi connectivity index (χ0v) is 8.92. The molecule has 86 valence electrons. The van der Waals surface area contributed by atoms with Gasteiger partial charge in [-0.15, -0.1) is 0 Å². The van der Waals surface area contributed by atoms with Gasteiger partial charge in [0.15, 0.2) is 5.82 Å². The minimum Gasteiger partial charge on any atom is -0.382 e. The molecule has 2 aromatic rings. The second-order valence-corrected chi connectivity index (χ2v) is 3.35. The lowest BCUT2D eigenvalue weighted by molar-refractivity contribution is 0.0990. The second kappa shape index (κ2) is 4.48. The highest BCUT2D eigenvalue weighted by molar-refractivity contribution is 5.89. The van der Waals surface area contributed by atoms with Crippen molar-refractivity contribution in [2.75, 3.05) is 11.1 Å². The number of hydrogen-bond acceptors (Lipinski definition) is 5. The number of amides is 1. The molecule has 0 bridgehead atoms. The molecule has 0 saturated heterocycles. The molecule has 0 fully saturated rings. The molecule has 0 unspecified atom stereocenters. The molecule has 1 aromatic carbocycles. The number of carbonyl (C=O) groups is 1. The van der Waals surface area contributed by atoms with Crippen molar-refractivity contribution in [3.05, 3.63) is 42.4 Å². The summed E-state index contributed by atoms with van der Waals surface area (Å²) in [6, 6.07) is 9.43. The summed E-state index contributed by atoms with van der Waals surface area (Å²) in [4.78, 5) is 18.4. The highest BCUT2D eigenvalue weighted by Gasteiger charge is 2.08. The Morgan fingerprint density at radius 3 is 2.53 bits per heavy atom. The summed E-state index contributed by atoms with van der Waals surface area (Å²) < 4.78 is 0. The Labute approximate surface area is 97.7 Å². The minimum atomic E-state index is -0.706. The van der Waals surface area contributed by atoms with Crippen molar-refractivity contribution in [2.24, 2.45) is 5.73 Å². The lowest BCUT2D eigenvalue weighted by Gasteiger charge is -2.08. The predicted molar refractivity (Wildman–Crippen MR) is 64.7 cm³/mol. The van der Waals surface area contributed by atoms with Crippen LogP contribution in [0.4, 0.5) is 17.2 Å². The van der Waals surface area contributed by atoms with Crippen LogP contribution in [0.15, 0.2) is 36.5 Å². The smallest absolute Gasteiger partial charge is 0.286 e. The third-order valence-corrected chi connectivity index (χ3v) is 2.09. The van der Waals surface area contributed by atoms with Gasteiger partial charge in [-0.2, -0.15) is 0 Å². The van der Waals surface area contributed by atoms with E-state index in [0.717, 1.165) is 5.69 Å². The van der Waals surface area contributed by atoms with E-state index in [1.165, 1.54) is 6.20 Å². The molecule has 6 heteroatoms. The van der Waals surface area contributed by atoms with Crippen molar-refractivity contribution in [2.45, 2.75) is 0 Å². The Bertz CT molecular complexity index is 541. The van der Waals surface area contributed by atoms with Crippen LogP contribution in [0.2, 0.25) is 0 Å². The summed E-state index contributed by atoms with van der Waals surface area (Å²) in [6.45, 7) is 0. The molecule has 0 aliphatic carbocycles. The minimum absolute atomic E-state index is 0.0962. The number of benzene rings is 1. The Morgan fingerprint density at radius 2 is 1.94 bits per heavy atom. The van der Waals surface area contributed by atoms with Crippen LogP contribution in [0.3, 0.4) is 0 Å². The molecule has 0 aliphatic rings. The zero-order valence-electron chi connectivity index (χ0n) is 8.92. The third kappa shape index (κ3) is 2.49. The van der Waals surface area contributed by atoms with Crippen molar-refractivity contribution in [3.8, 4) is 0 Å². The normalized spacial score (nSPS) is 9.88. The molecule has 2 rings (SSSR count). The maximum absolute atomic E-state index is 10.8. The van der Waals surface area contributed by atoms with E-state index in [1.807, 2.05) is 30.3 Å². The van der Waals surface area contributed by atoms with Crippen LogP contribution in [-0.4, -0.2) is 15.9 Å². The molecule has 0 radical (unpaired) electrons. The van der Waals surface area contributed by atoms with E-state index in [1.54, 1.807) is 0 Å². The summed E-state index contributed by atoms with van der Waals surface area (Å²) in [5.74, 6) is -0.623. The molecule has 0 atom stereocenters. The summed E-state index contributed by atoms with van der Waals surface area (Å²) in [6.07, 6.45) is 1.43. The van der Waals surface area contributed by atoms with Gasteiger partial charge in [0.1, 0.15) is 0 Å². The number of nitrogens with two attached hydrogens (primary N) is 2. The van der Waals surface area contributed by atoms with Crippen LogP contribution in [0.25, 0.3) is 0 Å². The van der Waals surface area contributed by atoms with Crippen LogP contribution in [-0.2, 0) is 0 Å². The van der Waals surface area contributed by atoms with Gasteiger partial charge in [0.2, 0.25) is 5.82 Å². The van der Waals surface area contributed by atoms with Gasteiger partial charge in [0.25, 0.3) is 5.91 Å². The molecule has 17 heavy (non-hydrogen) atoms. The first-order valence-electron chi connectivity index (χ1n) is 4.91. The Morgan fingerprint density at radius 1 is 1.24 bits per heavy atom. The molecule has 0 saturated carbocycles. The van der Waals surface area contributed by atoms with Gasteiger partial charge in [0, 0.05) is 5.69 Å². The van der Waals surface area contributed by atoms with Crippen LogP contribution in [0, 0.1) is 0 Å². The van der Waals surface area contributed by atoms with E-state index < -0.39 is 5.91 Å². The number of rotatable bonds is 3. The maximum atomic E-state index is 10.8. The van der Waals surface area contributed by atoms with E-state index in [4.69, 9.17) is 11.5 Å². The summed E-state index contributed by atoms with van der Waals surface area (Å²) in [7, 11) is 0. The van der Waals surface area contributed by atoms with Crippen LogP contribution < -0.4 is 16.8 Å². The average molecular weight is 229 g/mol. The molecular weight excluding hydrogens is 218 g/mol. The van der Waals surface area contributed by atoms with E-state index in [-0.39, 0.29) is 11.6 Å². The molecule has 5 N–H and O–H groups in total. The van der Waals surface area contributed by atoms with Crippen molar-refractivity contribution in [1.29, 1.82) is 0 Å². The number of nitrogen functional groups attached to an aromatic ring is 1. The summed E-state index contributed by atoms with van der Waals surface area (Å²) in [5.41, 5.74) is 12.1. The van der Waals surface area contributed by atoms with E-state index in [9.17, 15) is 4.79 Å². The van der Waals surface area contributed by atoms with Gasteiger partial charge in [-0.25, -0.2) is 9.97 Å². The third-order valence-electron chi connectivity index (χ3n) is 2.09. The fourth-order valence-electron chi connectivity index (χ4n) is 1.29. The number of para-hydroxylation sites is 1. The molecular formula is C11H11N5O. The highest BCUT2D eigenvalue weighted by Crippen LogP contribution is 2.19. The standard InChI is InChI=1S/C11H11N5O/c12-9-8(6-14-11(16-9)10(13)17)15-7-4-2-1-3-5-7/h1-6,15H,(H2,13,17)(H2,12,14,16). The number of carbonyl (C=O) groups excluding carboxylic acids is 1. The largest absolute Gasteiger partial charge is 0.382 e. The van der Waals surface area contributed by atoms with Gasteiger partial charge in [0.05, 0.1) is 11.9 Å². The second-order valence-electron chi connectivity index (χ2n) is 3.35. The molecule has 6 nitrogen and oxygen atoms in total. The van der Waals surface area contributed by atoms with Crippen molar-refractivity contribution in [1.82, 2.24) is 9.97 Å². The van der Waals surface area contributed by atoms with Gasteiger partial charge < -0.3 is 16.8 Å². The monoisotopic (exact) mass is 229 g/mol. The highest BCUT2D eigenvalue weighted by atomic mass is 16.1. The van der Waals surface area contributed by atoms with Crippen LogP contribution >= 0.6 is 0 Å². The van der Waals surface area contributed by atoms with Gasteiger partial charge in [-0.3, -0.25) is 4.79 Å². The number of aromatic nitrogens is 2. The number of hydrogen-bond donors (Lipinski definition) is 3. The number of primary amides is 1. The summed E-state index contributed by atoms with van der Waals surface area (Å²) >= 11 is 0. The number of nitrogens with one attached hydrogen (secondary N) is 1. The van der Waals surface area contributed by atoms with E-state index in [2.05, 4.69) is 15.3 Å². The van der Waals surface area contributed by atoms with E-state index >= 15 is 0 Å². The molecule has 0 spiro atoms. The topological polar surface area (TPSA) is 107 Å². The first kappa shape index (κ1) is 10.9. The lowest BCUT2D eigenvalue weighted by atomic mass is 10.3. The zero-order chi connectivity index (χ0) is 12.3. The first-order chi connectivity index (χ1) is 8.16. The lowest BCUT2D eigenvalue weighted by Crippen LogP contribution is -2.16. The number of anilines is 3. The van der Waals surface area contributed by atoms with Gasteiger partial charge in [-0.05, 0) is 12.1 Å². The van der Waals surface area contributed by atoms with Crippen LogP contribution in [0.1, 0.15) is 10.6 Å². The maximum Gasteiger partial charge on any atom is 0.286 e. The first-order valence-corrected chi connectivity index (χ1v) is 4.91. The predicted octanol–water partition coefficient (Wildman–Crippen LogP) is 0.901. The molecule has 1 aromatic heterocycles. The Balaban J connectivity index is 2.26. The van der Waals surface area contributed by atoms with Crippen molar-refractivity contribution >= 4 is 23.1 Å². The molecule has 1 amide bonds. The average Bonchev–Trinajstić information content (AvgIpc) is 2.33. The molecule has 1 heterocycles. The van der Waals surface area contributed by atoms with Crippen molar-refractivity contribution < 1.29 is 4.79 Å². The molecule has 0 aliphatic heterocycles. The fourth-order valence-corrected chi connectivity index (χ4v) is 1.29. The van der Waals surface area contributed by atoms with Gasteiger partial charge in [-0.1, -0.05) is 18.2 Å². The van der Waals surface area contributed by atoms with Gasteiger partial charge >= 0.3 is 0 Å². The van der Waals surface area contributed by atoms with Crippen LogP contribution in [0.5, 0.6) is 0 Å². The number of nitrogens with zero attached hydrogens (tertiary/aromatic N) is 2. The van der Waals surface area contributed by atoms with Crippen molar-refractivity contribution in [3.63, 3.8) is 0 Å². The fraction of sp³-hybridized carbons (Fsp3) is 0. The Hall–Kier alpha value is -2.63. The quantitative estimate of drug-likeness (QED) is 0.724. The summed E-state index contributed by atoms with van der Waals surface area (Å²) in [5, 5.41) is 3.04. The Kier molecular flexibility index (Phi) is 2.87. The SMILES string of the molecule is NC(=O)c1ncc(Nc2ccccc2)c(N)n1. The van der Waals surface area contributed by atoms with E-state index in [0.29, 0.717) is 5.69 Å².